The van der Waals surface area contributed by atoms with Gasteiger partial charge >= 0.3 is 0 Å². The molecule has 2 atom stereocenters. The minimum Gasteiger partial charge on any atom is -0.395 e. The number of ether oxygens (including phenoxy) is 1. The van der Waals surface area contributed by atoms with Gasteiger partial charge < -0.3 is 15.2 Å². The van der Waals surface area contributed by atoms with E-state index in [2.05, 4.69) is 10.2 Å². The Bertz CT molecular complexity index is 175. The first-order chi connectivity index (χ1) is 7.42. The molecule has 0 amide bonds. The van der Waals surface area contributed by atoms with Crippen LogP contribution < -0.4 is 5.32 Å². The zero-order valence-corrected chi connectivity index (χ0v) is 9.32. The second-order valence-corrected chi connectivity index (χ2v) is 4.44. The third kappa shape index (κ3) is 2.91. The lowest BCUT2D eigenvalue weighted by molar-refractivity contribution is 0.000338. The number of rotatable bonds is 3. The molecule has 4 heteroatoms. The predicted octanol–water partition coefficient (Wildman–Crippen LogP) is -0.178. The second-order valence-electron chi connectivity index (χ2n) is 4.44. The van der Waals surface area contributed by atoms with E-state index in [9.17, 15) is 5.11 Å². The number of nitrogens with zero attached hydrogens (tertiary/aromatic N) is 1. The van der Waals surface area contributed by atoms with Crippen molar-refractivity contribution >= 4 is 0 Å². The molecule has 0 aliphatic carbocycles. The fourth-order valence-corrected chi connectivity index (χ4v) is 2.57. The van der Waals surface area contributed by atoms with Crippen LogP contribution in [0.25, 0.3) is 0 Å². The molecule has 2 unspecified atom stereocenters. The number of aliphatic hydroxyl groups is 1. The van der Waals surface area contributed by atoms with Gasteiger partial charge in [0.2, 0.25) is 0 Å². The van der Waals surface area contributed by atoms with E-state index in [4.69, 9.17) is 4.74 Å². The van der Waals surface area contributed by atoms with Gasteiger partial charge in [-0.1, -0.05) is 0 Å². The van der Waals surface area contributed by atoms with Crippen LogP contribution in [0.3, 0.4) is 0 Å². The first-order valence-electron chi connectivity index (χ1n) is 6.09. The van der Waals surface area contributed by atoms with Gasteiger partial charge in [0.05, 0.1) is 18.8 Å². The fraction of sp³-hybridized carbons (Fsp3) is 1.00. The number of hydrogen-bond donors (Lipinski definition) is 2. The first kappa shape index (κ1) is 11.3. The van der Waals surface area contributed by atoms with Crippen LogP contribution in [-0.4, -0.2) is 61.5 Å². The summed E-state index contributed by atoms with van der Waals surface area (Å²) in [6, 6.07) is 0.215. The van der Waals surface area contributed by atoms with Gasteiger partial charge in [-0.25, -0.2) is 0 Å². The molecule has 0 aromatic heterocycles. The third-order valence-corrected chi connectivity index (χ3v) is 3.42. The topological polar surface area (TPSA) is 44.7 Å². The monoisotopic (exact) mass is 214 g/mol. The Kier molecular flexibility index (Phi) is 4.38. The molecule has 0 spiro atoms. The van der Waals surface area contributed by atoms with Gasteiger partial charge in [-0.2, -0.15) is 0 Å². The lowest BCUT2D eigenvalue weighted by Gasteiger charge is -2.32. The SMILES string of the molecule is OCC(C1CCCO1)N1CCCNCC1. The lowest BCUT2D eigenvalue weighted by atomic mass is 10.1. The molecule has 2 fully saturated rings. The van der Waals surface area contributed by atoms with E-state index >= 15 is 0 Å². The Morgan fingerprint density at radius 3 is 3.00 bits per heavy atom. The van der Waals surface area contributed by atoms with E-state index in [0.29, 0.717) is 0 Å². The summed E-state index contributed by atoms with van der Waals surface area (Å²) in [5.74, 6) is 0. The largest absolute Gasteiger partial charge is 0.395 e. The standard InChI is InChI=1S/C11H22N2O2/c14-9-10(11-3-1-8-15-11)13-6-2-4-12-5-7-13/h10-12,14H,1-9H2. The van der Waals surface area contributed by atoms with Crippen molar-refractivity contribution in [3.63, 3.8) is 0 Å². The van der Waals surface area contributed by atoms with Crippen LogP contribution in [-0.2, 0) is 4.74 Å². The molecule has 2 rings (SSSR count). The van der Waals surface area contributed by atoms with Crippen molar-refractivity contribution in [3.8, 4) is 0 Å². The Hall–Kier alpha value is -0.160. The van der Waals surface area contributed by atoms with Crippen LogP contribution in [0.5, 0.6) is 0 Å². The van der Waals surface area contributed by atoms with Crippen LogP contribution in [0, 0.1) is 0 Å². The second kappa shape index (κ2) is 5.80. The van der Waals surface area contributed by atoms with Crippen LogP contribution in [0.2, 0.25) is 0 Å². The number of nitrogens with one attached hydrogen (secondary N) is 1. The molecule has 2 aliphatic heterocycles. The molecule has 2 heterocycles. The van der Waals surface area contributed by atoms with Gasteiger partial charge in [-0.3, -0.25) is 4.90 Å². The highest BCUT2D eigenvalue weighted by Gasteiger charge is 2.30. The van der Waals surface area contributed by atoms with Crippen LogP contribution in [0.4, 0.5) is 0 Å². The smallest absolute Gasteiger partial charge is 0.0753 e. The summed E-state index contributed by atoms with van der Waals surface area (Å²) in [4.78, 5) is 2.38. The number of hydrogen-bond acceptors (Lipinski definition) is 4. The molecular formula is C11H22N2O2. The van der Waals surface area contributed by atoms with E-state index < -0.39 is 0 Å². The maximum absolute atomic E-state index is 9.49. The van der Waals surface area contributed by atoms with E-state index in [1.54, 1.807) is 0 Å². The number of aliphatic hydroxyl groups excluding tert-OH is 1. The van der Waals surface area contributed by atoms with E-state index in [1.807, 2.05) is 0 Å². The fourth-order valence-electron chi connectivity index (χ4n) is 2.57. The molecule has 0 saturated carbocycles. The molecule has 15 heavy (non-hydrogen) atoms. The Morgan fingerprint density at radius 2 is 2.27 bits per heavy atom. The van der Waals surface area contributed by atoms with Gasteiger partial charge in [0.15, 0.2) is 0 Å². The zero-order chi connectivity index (χ0) is 10.5. The normalized spacial score (nSPS) is 31.4. The third-order valence-electron chi connectivity index (χ3n) is 3.42. The molecule has 0 aromatic carbocycles. The van der Waals surface area contributed by atoms with Gasteiger partial charge in [-0.05, 0) is 32.4 Å². The van der Waals surface area contributed by atoms with Crippen molar-refractivity contribution in [3.05, 3.63) is 0 Å². The Labute approximate surface area is 91.6 Å². The van der Waals surface area contributed by atoms with Crippen LogP contribution >= 0.6 is 0 Å². The summed E-state index contributed by atoms with van der Waals surface area (Å²) in [5, 5.41) is 12.9. The Morgan fingerprint density at radius 1 is 1.33 bits per heavy atom. The molecule has 2 saturated heterocycles. The molecule has 2 N–H and O–H groups in total. The van der Waals surface area contributed by atoms with Gasteiger partial charge in [-0.15, -0.1) is 0 Å². The highest BCUT2D eigenvalue weighted by Crippen LogP contribution is 2.20. The van der Waals surface area contributed by atoms with Crippen molar-refractivity contribution in [2.45, 2.75) is 31.4 Å². The molecule has 0 aromatic rings. The predicted molar refractivity (Wildman–Crippen MR) is 58.9 cm³/mol. The van der Waals surface area contributed by atoms with E-state index in [0.717, 1.165) is 45.6 Å². The van der Waals surface area contributed by atoms with Gasteiger partial charge in [0, 0.05) is 19.7 Å². The molecule has 88 valence electrons. The van der Waals surface area contributed by atoms with Gasteiger partial charge in [0.25, 0.3) is 0 Å². The van der Waals surface area contributed by atoms with E-state index in [-0.39, 0.29) is 18.8 Å². The highest BCUT2D eigenvalue weighted by molar-refractivity contribution is 4.84. The van der Waals surface area contributed by atoms with E-state index in [1.165, 1.54) is 6.42 Å². The molecular weight excluding hydrogens is 192 g/mol. The summed E-state index contributed by atoms with van der Waals surface area (Å²) >= 11 is 0. The highest BCUT2D eigenvalue weighted by atomic mass is 16.5. The summed E-state index contributed by atoms with van der Waals surface area (Å²) in [6.07, 6.45) is 3.68. The zero-order valence-electron chi connectivity index (χ0n) is 9.32. The molecule has 2 aliphatic rings. The quantitative estimate of drug-likeness (QED) is 0.684. The average molecular weight is 214 g/mol. The summed E-state index contributed by atoms with van der Waals surface area (Å²) in [5.41, 5.74) is 0. The van der Waals surface area contributed by atoms with Crippen LogP contribution in [0.15, 0.2) is 0 Å². The van der Waals surface area contributed by atoms with Crippen molar-refractivity contribution in [1.82, 2.24) is 10.2 Å². The van der Waals surface area contributed by atoms with Crippen molar-refractivity contribution in [2.75, 3.05) is 39.4 Å². The van der Waals surface area contributed by atoms with Gasteiger partial charge in [0.1, 0.15) is 0 Å². The molecule has 0 radical (unpaired) electrons. The lowest BCUT2D eigenvalue weighted by Crippen LogP contribution is -2.47. The maximum atomic E-state index is 9.49. The van der Waals surface area contributed by atoms with Crippen molar-refractivity contribution in [2.24, 2.45) is 0 Å². The molecule has 4 nitrogen and oxygen atoms in total. The minimum atomic E-state index is 0.215. The minimum absolute atomic E-state index is 0.215. The first-order valence-corrected chi connectivity index (χ1v) is 6.09. The summed E-state index contributed by atoms with van der Waals surface area (Å²) in [7, 11) is 0. The maximum Gasteiger partial charge on any atom is 0.0753 e. The Balaban J connectivity index is 1.91. The van der Waals surface area contributed by atoms with Crippen molar-refractivity contribution < 1.29 is 9.84 Å². The van der Waals surface area contributed by atoms with Crippen LogP contribution in [0.1, 0.15) is 19.3 Å². The van der Waals surface area contributed by atoms with Crippen molar-refractivity contribution in [1.29, 1.82) is 0 Å². The average Bonchev–Trinajstić information content (AvgIpc) is 2.63. The summed E-state index contributed by atoms with van der Waals surface area (Å²) < 4.78 is 5.68. The summed E-state index contributed by atoms with van der Waals surface area (Å²) in [6.45, 7) is 5.34. The molecule has 0 bridgehead atoms.